The zero-order chi connectivity index (χ0) is 25.8. The molecule has 0 saturated heterocycles. The van der Waals surface area contributed by atoms with Crippen molar-refractivity contribution in [1.29, 1.82) is 0 Å². The van der Waals surface area contributed by atoms with Gasteiger partial charge in [0, 0.05) is 16.4 Å². The first kappa shape index (κ1) is 30.9. The molecule has 0 aliphatic rings. The lowest BCUT2D eigenvalue weighted by Crippen LogP contribution is -2.63. The first-order valence-electron chi connectivity index (χ1n) is 8.43. The maximum Gasteiger partial charge on any atom is 0.438 e. The van der Waals surface area contributed by atoms with Gasteiger partial charge in [-0.25, -0.2) is 8.42 Å². The number of halogens is 9. The summed E-state index contributed by atoms with van der Waals surface area (Å²) in [5.41, 5.74) is -5.51. The highest BCUT2D eigenvalue weighted by molar-refractivity contribution is 14.1. The van der Waals surface area contributed by atoms with Gasteiger partial charge < -0.3 is 14.0 Å². The van der Waals surface area contributed by atoms with Gasteiger partial charge in [0.15, 0.2) is 5.75 Å². The Bertz CT molecular complexity index is 958. The fourth-order valence-corrected chi connectivity index (χ4v) is 6.98. The Kier molecular flexibility index (Phi) is 11.0. The Labute approximate surface area is 224 Å². The van der Waals surface area contributed by atoms with E-state index in [0.717, 1.165) is 3.57 Å². The quantitative estimate of drug-likeness (QED) is 0.0868. The van der Waals surface area contributed by atoms with E-state index in [4.69, 9.17) is 4.74 Å². The maximum absolute atomic E-state index is 13.1. The lowest BCUT2D eigenvalue weighted by atomic mass is 10.1. The van der Waals surface area contributed by atoms with Gasteiger partial charge in [-0.3, -0.25) is 9.59 Å². The third kappa shape index (κ3) is 9.09. The summed E-state index contributed by atoms with van der Waals surface area (Å²) < 4.78 is 121. The molecule has 1 rings (SSSR count). The van der Waals surface area contributed by atoms with Gasteiger partial charge in [0.2, 0.25) is 0 Å². The normalized spacial score (nSPS) is 13.0. The highest BCUT2D eigenvalue weighted by atomic mass is 127. The molecule has 0 N–H and O–H groups in total. The highest BCUT2D eigenvalue weighted by Gasteiger charge is 2.75. The van der Waals surface area contributed by atoms with E-state index in [1.165, 1.54) is 0 Å². The second kappa shape index (κ2) is 11.7. The van der Waals surface area contributed by atoms with Gasteiger partial charge >= 0.3 is 29.9 Å². The molecule has 0 radical (unpaired) electrons. The van der Waals surface area contributed by atoms with Crippen molar-refractivity contribution in [2.24, 2.45) is 0 Å². The summed E-state index contributed by atoms with van der Waals surface area (Å²) in [4.78, 5) is 23.6. The van der Waals surface area contributed by atoms with Crippen LogP contribution in [-0.2, 0) is 24.4 Å². The van der Waals surface area contributed by atoms with Crippen LogP contribution in [0.1, 0.15) is 25.7 Å². The fourth-order valence-electron chi connectivity index (χ4n) is 2.29. The topological polar surface area (TPSA) is 110 Å². The second-order valence-corrected chi connectivity index (χ2v) is 11.4. The molecule has 188 valence electrons. The fraction of sp³-hybridized carbons (Fsp3) is 0.500. The van der Waals surface area contributed by atoms with Crippen LogP contribution in [0.15, 0.2) is 12.1 Å². The highest BCUT2D eigenvalue weighted by Crippen LogP contribution is 2.47. The average molecular weight is 843 g/mol. The molecule has 0 spiro atoms. The summed E-state index contributed by atoms with van der Waals surface area (Å²) in [6, 6.07) is 3.47. The average Bonchev–Trinajstić information content (AvgIpc) is 2.58. The van der Waals surface area contributed by atoms with Crippen LogP contribution in [0.3, 0.4) is 0 Å². The molecule has 0 aliphatic carbocycles. The lowest BCUT2D eigenvalue weighted by molar-refractivity contribution is -0.361. The zero-order valence-electron chi connectivity index (χ0n) is 15.9. The second-order valence-electron chi connectivity index (χ2n) is 6.38. The van der Waals surface area contributed by atoms with E-state index in [1.54, 1.807) is 12.1 Å². The molecule has 0 aromatic heterocycles. The third-order valence-corrected chi connectivity index (χ3v) is 6.76. The van der Waals surface area contributed by atoms with E-state index < -0.39 is 52.2 Å². The Balaban J connectivity index is 2.76. The summed E-state index contributed by atoms with van der Waals surface area (Å²) in [6.45, 7) is 0. The van der Waals surface area contributed by atoms with Gasteiger partial charge in [0.05, 0.1) is 23.0 Å². The first-order chi connectivity index (χ1) is 14.8. The predicted molar refractivity (Wildman–Crippen MR) is 124 cm³/mol. The number of carbonyl (C=O) groups is 2. The minimum atomic E-state index is -6.43. The summed E-state index contributed by atoms with van der Waals surface area (Å²) >= 11 is 5.93. The Morgan fingerprint density at radius 3 is 1.70 bits per heavy atom. The van der Waals surface area contributed by atoms with Crippen molar-refractivity contribution in [3.8, 4) is 5.75 Å². The van der Waals surface area contributed by atoms with Crippen molar-refractivity contribution < 1.29 is 58.4 Å². The molecule has 0 heterocycles. The number of carbonyl (C=O) groups excluding carboxylic acids is 2. The van der Waals surface area contributed by atoms with Crippen molar-refractivity contribution in [3.05, 3.63) is 22.8 Å². The number of alkyl halides is 6. The number of hydrogen-bond donors (Lipinski definition) is 0. The van der Waals surface area contributed by atoms with Crippen molar-refractivity contribution in [3.63, 3.8) is 0 Å². The molecule has 0 saturated carbocycles. The van der Waals surface area contributed by atoms with Gasteiger partial charge in [-0.1, -0.05) is 0 Å². The van der Waals surface area contributed by atoms with Gasteiger partial charge in [0.1, 0.15) is 0 Å². The molecule has 7 nitrogen and oxygen atoms in total. The first-order valence-corrected chi connectivity index (χ1v) is 13.2. The van der Waals surface area contributed by atoms with Crippen molar-refractivity contribution in [2.45, 2.75) is 43.6 Å². The SMILES string of the molecule is O=C(CCCCC(=O)OC(CS(=O)(=O)[O-])(C(F)(F)F)C(F)(F)F)Oc1c(I)cc(I)cc1I. The van der Waals surface area contributed by atoms with E-state index in [9.17, 15) is 48.9 Å². The Hall–Kier alpha value is -0.160. The number of ether oxygens (including phenoxy) is 2. The van der Waals surface area contributed by atoms with Gasteiger partial charge in [0.25, 0.3) is 0 Å². The van der Waals surface area contributed by atoms with Crippen LogP contribution < -0.4 is 4.74 Å². The number of hydrogen-bond acceptors (Lipinski definition) is 7. The molecule has 0 atom stereocenters. The summed E-state index contributed by atoms with van der Waals surface area (Å²) in [5.74, 6) is -5.57. The van der Waals surface area contributed by atoms with Crippen LogP contribution >= 0.6 is 67.8 Å². The molecule has 0 fully saturated rings. The standard InChI is InChI=1S/C16H13F6I3O7S/c17-15(18,19)14(16(20,21)22,7-33(28,29)30)32-12(27)4-2-1-3-11(26)31-13-9(24)5-8(23)6-10(13)25/h5-6H,1-4,7H2,(H,28,29,30)/p-1. The molecule has 0 aliphatic heterocycles. The van der Waals surface area contributed by atoms with E-state index >= 15 is 0 Å². The number of benzene rings is 1. The Morgan fingerprint density at radius 1 is 0.879 bits per heavy atom. The molecular weight excluding hydrogens is 831 g/mol. The van der Waals surface area contributed by atoms with Crippen LogP contribution in [0.4, 0.5) is 26.3 Å². The van der Waals surface area contributed by atoms with E-state index in [2.05, 4.69) is 27.3 Å². The lowest BCUT2D eigenvalue weighted by Gasteiger charge is -2.36. The minimum Gasteiger partial charge on any atom is -0.748 e. The molecule has 0 amide bonds. The van der Waals surface area contributed by atoms with Gasteiger partial charge in [-0.15, -0.1) is 0 Å². The smallest absolute Gasteiger partial charge is 0.438 e. The molecular formula is C16H12F6I3O7S-. The van der Waals surface area contributed by atoms with Crippen LogP contribution in [0.2, 0.25) is 0 Å². The van der Waals surface area contributed by atoms with E-state index in [0.29, 0.717) is 7.14 Å². The summed E-state index contributed by atoms with van der Waals surface area (Å²) in [7, 11) is -6.10. The van der Waals surface area contributed by atoms with Crippen molar-refractivity contribution >= 4 is 89.8 Å². The zero-order valence-corrected chi connectivity index (χ0v) is 23.1. The monoisotopic (exact) mass is 843 g/mol. The van der Waals surface area contributed by atoms with Crippen LogP contribution in [0.5, 0.6) is 5.75 Å². The van der Waals surface area contributed by atoms with Gasteiger partial charge in [-0.2, -0.15) is 26.3 Å². The molecule has 0 bridgehead atoms. The Morgan fingerprint density at radius 2 is 1.30 bits per heavy atom. The molecule has 33 heavy (non-hydrogen) atoms. The molecule has 1 aromatic rings. The summed E-state index contributed by atoms with van der Waals surface area (Å²) in [5, 5.41) is 0. The van der Waals surface area contributed by atoms with E-state index in [1.807, 2.05) is 45.2 Å². The number of unbranched alkanes of at least 4 members (excludes halogenated alkanes) is 1. The summed E-state index contributed by atoms with van der Waals surface area (Å²) in [6.07, 6.45) is -14.7. The van der Waals surface area contributed by atoms with E-state index in [-0.39, 0.29) is 25.0 Å². The maximum atomic E-state index is 13.1. The molecule has 0 unspecified atom stereocenters. The largest absolute Gasteiger partial charge is 0.748 e. The van der Waals surface area contributed by atoms with Crippen LogP contribution in [0.25, 0.3) is 0 Å². The number of rotatable bonds is 9. The number of esters is 2. The van der Waals surface area contributed by atoms with Crippen LogP contribution in [-0.4, -0.2) is 48.6 Å². The van der Waals surface area contributed by atoms with Crippen LogP contribution in [0, 0.1) is 10.7 Å². The molecule has 1 aromatic carbocycles. The predicted octanol–water partition coefficient (Wildman–Crippen LogP) is 4.92. The third-order valence-electron chi connectivity index (χ3n) is 3.77. The molecule has 17 heteroatoms. The van der Waals surface area contributed by atoms with Crippen molar-refractivity contribution in [1.82, 2.24) is 0 Å². The minimum absolute atomic E-state index is 0.156. The van der Waals surface area contributed by atoms with Crippen molar-refractivity contribution in [2.75, 3.05) is 5.75 Å². The van der Waals surface area contributed by atoms with Gasteiger partial charge in [-0.05, 0) is 92.7 Å².